The molecule has 1 aromatic rings. The number of hydrogen-bond acceptors (Lipinski definition) is 4. The highest BCUT2D eigenvalue weighted by atomic mass is 16.5. The third-order valence-corrected chi connectivity index (χ3v) is 2.64. The van der Waals surface area contributed by atoms with Crippen LogP contribution in [0.4, 0.5) is 0 Å². The van der Waals surface area contributed by atoms with Crippen LogP contribution in [0.3, 0.4) is 0 Å². The van der Waals surface area contributed by atoms with E-state index in [-0.39, 0.29) is 6.10 Å². The monoisotopic (exact) mass is 225 g/mol. The zero-order valence-electron chi connectivity index (χ0n) is 9.18. The van der Waals surface area contributed by atoms with Gasteiger partial charge in [-0.3, -0.25) is 9.59 Å². The highest BCUT2D eigenvalue weighted by molar-refractivity contribution is 4.86. The summed E-state index contributed by atoms with van der Waals surface area (Å²) in [4.78, 5) is 23.0. The Morgan fingerprint density at radius 1 is 1.44 bits per heavy atom. The molecule has 0 amide bonds. The Morgan fingerprint density at radius 3 is 2.94 bits per heavy atom. The number of hydrogen-bond donors (Lipinski definition) is 1. The van der Waals surface area contributed by atoms with Gasteiger partial charge in [0.2, 0.25) is 0 Å². The van der Waals surface area contributed by atoms with Crippen molar-refractivity contribution < 1.29 is 4.74 Å². The van der Waals surface area contributed by atoms with Gasteiger partial charge in [0.1, 0.15) is 0 Å². The van der Waals surface area contributed by atoms with Gasteiger partial charge in [0.05, 0.1) is 19.3 Å². The molecule has 6 nitrogen and oxygen atoms in total. The second kappa shape index (κ2) is 4.63. The van der Waals surface area contributed by atoms with Crippen LogP contribution in [0, 0.1) is 0 Å². The Labute approximate surface area is 92.5 Å². The molecule has 1 aliphatic heterocycles. The molecule has 0 aromatic carbocycles. The van der Waals surface area contributed by atoms with Crippen LogP contribution < -0.4 is 16.4 Å². The molecule has 0 saturated carbocycles. The van der Waals surface area contributed by atoms with Gasteiger partial charge in [0, 0.05) is 32.5 Å². The Bertz CT molecular complexity index is 471. The fourth-order valence-corrected chi connectivity index (χ4v) is 1.69. The predicted octanol–water partition coefficient (Wildman–Crippen LogP) is -1.46. The Morgan fingerprint density at radius 2 is 2.25 bits per heavy atom. The number of ether oxygens (including phenoxy) is 1. The van der Waals surface area contributed by atoms with Gasteiger partial charge >= 0.3 is 11.1 Å². The molecule has 1 aliphatic rings. The van der Waals surface area contributed by atoms with E-state index < -0.39 is 11.1 Å². The maximum atomic E-state index is 11.6. The maximum Gasteiger partial charge on any atom is 0.316 e. The lowest BCUT2D eigenvalue weighted by molar-refractivity contribution is 0.0175. The van der Waals surface area contributed by atoms with Gasteiger partial charge < -0.3 is 19.2 Å². The van der Waals surface area contributed by atoms with E-state index in [2.05, 4.69) is 5.32 Å². The molecular weight excluding hydrogens is 210 g/mol. The summed E-state index contributed by atoms with van der Waals surface area (Å²) in [5.74, 6) is 0. The fourth-order valence-electron chi connectivity index (χ4n) is 1.69. The second-order valence-corrected chi connectivity index (χ2v) is 3.87. The van der Waals surface area contributed by atoms with E-state index >= 15 is 0 Å². The summed E-state index contributed by atoms with van der Waals surface area (Å²) < 4.78 is 8.16. The standard InChI is InChI=1S/C10H15N3O3/c1-12-3-4-13(10(15)9(12)14)7-8-6-11-2-5-16-8/h3-4,8,11H,2,5-7H2,1H3. The van der Waals surface area contributed by atoms with Crippen molar-refractivity contribution >= 4 is 0 Å². The smallest absolute Gasteiger partial charge is 0.316 e. The molecular formula is C10H15N3O3. The van der Waals surface area contributed by atoms with Crippen LogP contribution in [0.2, 0.25) is 0 Å². The van der Waals surface area contributed by atoms with Crippen molar-refractivity contribution in [3.63, 3.8) is 0 Å². The molecule has 16 heavy (non-hydrogen) atoms. The number of aromatic nitrogens is 2. The Kier molecular flexibility index (Phi) is 3.21. The molecule has 88 valence electrons. The van der Waals surface area contributed by atoms with Crippen molar-refractivity contribution in [3.8, 4) is 0 Å². The van der Waals surface area contributed by atoms with Crippen LogP contribution in [-0.4, -0.2) is 34.9 Å². The minimum absolute atomic E-state index is 0.0430. The summed E-state index contributed by atoms with van der Waals surface area (Å²) >= 11 is 0. The van der Waals surface area contributed by atoms with Crippen LogP contribution in [0.25, 0.3) is 0 Å². The fraction of sp³-hybridized carbons (Fsp3) is 0.600. The molecule has 1 N–H and O–H groups in total. The minimum Gasteiger partial charge on any atom is -0.374 e. The SMILES string of the molecule is Cn1ccn(CC2CNCCO2)c(=O)c1=O. The van der Waals surface area contributed by atoms with Gasteiger partial charge in [-0.2, -0.15) is 0 Å². The van der Waals surface area contributed by atoms with E-state index in [0.717, 1.165) is 6.54 Å². The minimum atomic E-state index is -0.508. The average Bonchev–Trinajstić information content (AvgIpc) is 2.31. The summed E-state index contributed by atoms with van der Waals surface area (Å²) in [5, 5.41) is 3.18. The van der Waals surface area contributed by atoms with Gasteiger partial charge in [-0.05, 0) is 0 Å². The van der Waals surface area contributed by atoms with Crippen molar-refractivity contribution in [1.29, 1.82) is 0 Å². The van der Waals surface area contributed by atoms with E-state index in [4.69, 9.17) is 4.74 Å². The van der Waals surface area contributed by atoms with Crippen molar-refractivity contribution in [2.24, 2.45) is 7.05 Å². The van der Waals surface area contributed by atoms with Crippen LogP contribution in [0.5, 0.6) is 0 Å². The first-order valence-electron chi connectivity index (χ1n) is 5.27. The largest absolute Gasteiger partial charge is 0.374 e. The normalized spacial score (nSPS) is 20.9. The van der Waals surface area contributed by atoms with Gasteiger partial charge in [0.15, 0.2) is 0 Å². The second-order valence-electron chi connectivity index (χ2n) is 3.87. The quantitative estimate of drug-likeness (QED) is 0.624. The average molecular weight is 225 g/mol. The molecule has 1 atom stereocenters. The zero-order chi connectivity index (χ0) is 11.5. The molecule has 0 aliphatic carbocycles. The molecule has 2 heterocycles. The molecule has 1 aromatic heterocycles. The number of nitrogens with zero attached hydrogens (tertiary/aromatic N) is 2. The van der Waals surface area contributed by atoms with E-state index in [9.17, 15) is 9.59 Å². The lowest BCUT2D eigenvalue weighted by Gasteiger charge is -2.24. The Hall–Kier alpha value is -1.40. The summed E-state index contributed by atoms with van der Waals surface area (Å²) in [6.07, 6.45) is 3.15. The molecule has 0 radical (unpaired) electrons. The van der Waals surface area contributed by atoms with E-state index in [1.165, 1.54) is 9.13 Å². The number of nitrogens with one attached hydrogen (secondary N) is 1. The summed E-state index contributed by atoms with van der Waals surface area (Å²) in [6, 6.07) is 0. The molecule has 1 saturated heterocycles. The van der Waals surface area contributed by atoms with E-state index in [1.807, 2.05) is 0 Å². The molecule has 2 rings (SSSR count). The number of rotatable bonds is 2. The number of morpholine rings is 1. The third kappa shape index (κ3) is 2.23. The van der Waals surface area contributed by atoms with E-state index in [1.54, 1.807) is 19.4 Å². The molecule has 1 unspecified atom stereocenters. The van der Waals surface area contributed by atoms with E-state index in [0.29, 0.717) is 19.7 Å². The third-order valence-electron chi connectivity index (χ3n) is 2.64. The van der Waals surface area contributed by atoms with Gasteiger partial charge in [0.25, 0.3) is 0 Å². The first-order chi connectivity index (χ1) is 7.68. The van der Waals surface area contributed by atoms with Crippen molar-refractivity contribution in [2.75, 3.05) is 19.7 Å². The molecule has 0 spiro atoms. The predicted molar refractivity (Wildman–Crippen MR) is 58.6 cm³/mol. The van der Waals surface area contributed by atoms with Crippen LogP contribution >= 0.6 is 0 Å². The van der Waals surface area contributed by atoms with Crippen LogP contribution in [-0.2, 0) is 18.3 Å². The Balaban J connectivity index is 2.18. The van der Waals surface area contributed by atoms with Crippen molar-refractivity contribution in [2.45, 2.75) is 12.6 Å². The lowest BCUT2D eigenvalue weighted by atomic mass is 10.3. The highest BCUT2D eigenvalue weighted by Crippen LogP contribution is 1.97. The molecule has 6 heteroatoms. The van der Waals surface area contributed by atoms with Gasteiger partial charge in [-0.25, -0.2) is 0 Å². The molecule has 0 bridgehead atoms. The topological polar surface area (TPSA) is 65.3 Å². The highest BCUT2D eigenvalue weighted by Gasteiger charge is 2.15. The van der Waals surface area contributed by atoms with Crippen molar-refractivity contribution in [3.05, 3.63) is 33.1 Å². The maximum absolute atomic E-state index is 11.6. The summed E-state index contributed by atoms with van der Waals surface area (Å²) in [7, 11) is 1.56. The van der Waals surface area contributed by atoms with Crippen molar-refractivity contribution in [1.82, 2.24) is 14.5 Å². The summed E-state index contributed by atoms with van der Waals surface area (Å²) in [6.45, 7) is 2.61. The van der Waals surface area contributed by atoms with Gasteiger partial charge in [-0.15, -0.1) is 0 Å². The first kappa shape index (κ1) is 11.1. The van der Waals surface area contributed by atoms with Crippen LogP contribution in [0.15, 0.2) is 22.0 Å². The lowest BCUT2D eigenvalue weighted by Crippen LogP contribution is -2.45. The summed E-state index contributed by atoms with van der Waals surface area (Å²) in [5.41, 5.74) is -1.01. The number of aryl methyl sites for hydroxylation is 1. The first-order valence-corrected chi connectivity index (χ1v) is 5.27. The molecule has 1 fully saturated rings. The zero-order valence-corrected chi connectivity index (χ0v) is 9.18. The van der Waals surface area contributed by atoms with Crippen LogP contribution in [0.1, 0.15) is 0 Å². The van der Waals surface area contributed by atoms with Gasteiger partial charge in [-0.1, -0.05) is 0 Å².